The molecule has 0 amide bonds. The Kier molecular flexibility index (Phi) is 3.37. The summed E-state index contributed by atoms with van der Waals surface area (Å²) >= 11 is 5.97. The lowest BCUT2D eigenvalue weighted by molar-refractivity contribution is -0.138. The molecule has 6 heteroatoms. The molecule has 0 aliphatic carbocycles. The van der Waals surface area contributed by atoms with Crippen molar-refractivity contribution in [3.8, 4) is 0 Å². The number of fused-ring (bicyclic) bond motifs is 1. The predicted molar refractivity (Wildman–Crippen MR) is 75.4 cm³/mol. The molecular formula is C15H10ClF3N2. The van der Waals surface area contributed by atoms with Crippen LogP contribution in [0.5, 0.6) is 0 Å². The SMILES string of the molecule is FC(F)(F)c1cccc(Cl)c1Cc1[nH]nc2ccccc12. The van der Waals surface area contributed by atoms with Crippen molar-refractivity contribution in [2.75, 3.05) is 0 Å². The topological polar surface area (TPSA) is 28.7 Å². The maximum absolute atomic E-state index is 13.1. The quantitative estimate of drug-likeness (QED) is 0.722. The van der Waals surface area contributed by atoms with Crippen LogP contribution in [0.15, 0.2) is 42.5 Å². The van der Waals surface area contributed by atoms with Crippen LogP contribution in [0.3, 0.4) is 0 Å². The predicted octanol–water partition coefficient (Wildman–Crippen LogP) is 4.83. The molecule has 0 spiro atoms. The van der Waals surface area contributed by atoms with Crippen molar-refractivity contribution < 1.29 is 13.2 Å². The number of nitrogens with one attached hydrogen (secondary N) is 1. The number of para-hydroxylation sites is 1. The Balaban J connectivity index is 2.10. The van der Waals surface area contributed by atoms with Crippen LogP contribution in [0, 0.1) is 0 Å². The molecule has 0 unspecified atom stereocenters. The Morgan fingerprint density at radius 1 is 1.05 bits per heavy atom. The van der Waals surface area contributed by atoms with E-state index in [0.717, 1.165) is 11.5 Å². The van der Waals surface area contributed by atoms with E-state index in [1.807, 2.05) is 18.2 Å². The van der Waals surface area contributed by atoms with E-state index in [1.54, 1.807) is 6.07 Å². The second-order valence-corrected chi connectivity index (χ2v) is 5.07. The maximum Gasteiger partial charge on any atom is 0.416 e. The highest BCUT2D eigenvalue weighted by atomic mass is 35.5. The van der Waals surface area contributed by atoms with Crippen LogP contribution < -0.4 is 0 Å². The Hall–Kier alpha value is -2.01. The first-order valence-corrected chi connectivity index (χ1v) is 6.61. The van der Waals surface area contributed by atoms with Gasteiger partial charge in [0.2, 0.25) is 0 Å². The lowest BCUT2D eigenvalue weighted by atomic mass is 10.0. The minimum atomic E-state index is -4.43. The van der Waals surface area contributed by atoms with Crippen LogP contribution in [0.4, 0.5) is 13.2 Å². The average molecular weight is 311 g/mol. The summed E-state index contributed by atoms with van der Waals surface area (Å²) < 4.78 is 39.3. The number of hydrogen-bond donors (Lipinski definition) is 1. The molecule has 0 saturated heterocycles. The highest BCUT2D eigenvalue weighted by Crippen LogP contribution is 2.36. The Labute approximate surface area is 123 Å². The molecule has 1 aromatic heterocycles. The average Bonchev–Trinajstić information content (AvgIpc) is 2.83. The number of benzene rings is 2. The van der Waals surface area contributed by atoms with Gasteiger partial charge in [0.25, 0.3) is 0 Å². The van der Waals surface area contributed by atoms with E-state index >= 15 is 0 Å². The number of nitrogens with zero attached hydrogens (tertiary/aromatic N) is 1. The van der Waals surface area contributed by atoms with Crippen LogP contribution in [0.2, 0.25) is 5.02 Å². The molecule has 3 rings (SSSR count). The molecule has 2 aromatic carbocycles. The largest absolute Gasteiger partial charge is 0.416 e. The van der Waals surface area contributed by atoms with E-state index < -0.39 is 11.7 Å². The third kappa shape index (κ3) is 2.61. The standard InChI is InChI=1S/C15H10ClF3N2/c16-12-6-3-5-11(15(17,18)19)10(12)8-14-9-4-1-2-7-13(9)20-21-14/h1-7H,8H2,(H,20,21). The molecule has 3 aromatic rings. The number of aromatic amines is 1. The molecule has 21 heavy (non-hydrogen) atoms. The van der Waals surface area contributed by atoms with Crippen molar-refractivity contribution in [3.05, 3.63) is 64.3 Å². The highest BCUT2D eigenvalue weighted by Gasteiger charge is 2.34. The number of hydrogen-bond acceptors (Lipinski definition) is 1. The Morgan fingerprint density at radius 3 is 2.57 bits per heavy atom. The number of halogens is 4. The second kappa shape index (κ2) is 5.07. The fourth-order valence-electron chi connectivity index (χ4n) is 2.33. The highest BCUT2D eigenvalue weighted by molar-refractivity contribution is 6.31. The molecule has 0 bridgehead atoms. The van der Waals surface area contributed by atoms with Crippen molar-refractivity contribution in [2.45, 2.75) is 12.6 Å². The molecule has 0 radical (unpaired) electrons. The van der Waals surface area contributed by atoms with Gasteiger partial charge in [-0.3, -0.25) is 5.10 Å². The summed E-state index contributed by atoms with van der Waals surface area (Å²) in [5.74, 6) is 0. The van der Waals surface area contributed by atoms with E-state index in [0.29, 0.717) is 11.2 Å². The zero-order valence-corrected chi connectivity index (χ0v) is 11.5. The first-order valence-electron chi connectivity index (χ1n) is 6.23. The van der Waals surface area contributed by atoms with E-state index in [-0.39, 0.29) is 17.0 Å². The molecular weight excluding hydrogens is 301 g/mol. The fraction of sp³-hybridized carbons (Fsp3) is 0.133. The van der Waals surface area contributed by atoms with Crippen LogP contribution in [-0.2, 0) is 12.6 Å². The maximum atomic E-state index is 13.1. The van der Waals surface area contributed by atoms with Crippen LogP contribution in [0.25, 0.3) is 10.9 Å². The summed E-state index contributed by atoms with van der Waals surface area (Å²) in [7, 11) is 0. The second-order valence-electron chi connectivity index (χ2n) is 4.66. The van der Waals surface area contributed by atoms with Crippen molar-refractivity contribution in [1.29, 1.82) is 0 Å². The van der Waals surface area contributed by atoms with Gasteiger partial charge in [0.05, 0.1) is 11.1 Å². The summed E-state index contributed by atoms with van der Waals surface area (Å²) in [6.07, 6.45) is -4.38. The third-order valence-electron chi connectivity index (χ3n) is 3.32. The lowest BCUT2D eigenvalue weighted by Crippen LogP contribution is -2.10. The van der Waals surface area contributed by atoms with Gasteiger partial charge in [-0.2, -0.15) is 18.3 Å². The molecule has 0 saturated carbocycles. The summed E-state index contributed by atoms with van der Waals surface area (Å²) in [5.41, 5.74) is 0.673. The van der Waals surface area contributed by atoms with Gasteiger partial charge in [-0.1, -0.05) is 35.9 Å². The molecule has 0 aliphatic rings. The van der Waals surface area contributed by atoms with Gasteiger partial charge in [-0.25, -0.2) is 0 Å². The van der Waals surface area contributed by atoms with Crippen molar-refractivity contribution in [1.82, 2.24) is 10.2 Å². The van der Waals surface area contributed by atoms with E-state index in [4.69, 9.17) is 11.6 Å². The van der Waals surface area contributed by atoms with Crippen LogP contribution >= 0.6 is 11.6 Å². The Bertz CT molecular complexity index is 793. The van der Waals surface area contributed by atoms with Gasteiger partial charge in [0.15, 0.2) is 0 Å². The Morgan fingerprint density at radius 2 is 1.81 bits per heavy atom. The summed E-state index contributed by atoms with van der Waals surface area (Å²) in [6, 6.07) is 11.1. The van der Waals surface area contributed by atoms with E-state index in [1.165, 1.54) is 12.1 Å². The van der Waals surface area contributed by atoms with Gasteiger partial charge < -0.3 is 0 Å². The molecule has 1 heterocycles. The number of aromatic nitrogens is 2. The van der Waals surface area contributed by atoms with E-state index in [9.17, 15) is 13.2 Å². The first-order chi connectivity index (χ1) is 9.97. The minimum Gasteiger partial charge on any atom is -0.281 e. The summed E-state index contributed by atoms with van der Waals surface area (Å²) in [4.78, 5) is 0. The zero-order valence-electron chi connectivity index (χ0n) is 10.7. The normalized spacial score (nSPS) is 12.0. The monoisotopic (exact) mass is 310 g/mol. The smallest absolute Gasteiger partial charge is 0.281 e. The number of rotatable bonds is 2. The summed E-state index contributed by atoms with van der Waals surface area (Å²) in [5, 5.41) is 7.78. The van der Waals surface area contributed by atoms with Gasteiger partial charge in [0.1, 0.15) is 0 Å². The van der Waals surface area contributed by atoms with Gasteiger partial charge in [-0.05, 0) is 23.8 Å². The minimum absolute atomic E-state index is 0.0506. The molecule has 2 nitrogen and oxygen atoms in total. The molecule has 0 fully saturated rings. The lowest BCUT2D eigenvalue weighted by Gasteiger charge is -2.13. The number of H-pyrrole nitrogens is 1. The molecule has 108 valence electrons. The van der Waals surface area contributed by atoms with Gasteiger partial charge in [-0.15, -0.1) is 0 Å². The fourth-order valence-corrected chi connectivity index (χ4v) is 2.57. The van der Waals surface area contributed by atoms with Crippen LogP contribution in [-0.4, -0.2) is 10.2 Å². The summed E-state index contributed by atoms with van der Waals surface area (Å²) in [6.45, 7) is 0. The molecule has 0 atom stereocenters. The first kappa shape index (κ1) is 13.9. The van der Waals surface area contributed by atoms with Crippen LogP contribution in [0.1, 0.15) is 16.8 Å². The van der Waals surface area contributed by atoms with Gasteiger partial charge in [0, 0.05) is 22.5 Å². The zero-order chi connectivity index (χ0) is 15.0. The third-order valence-corrected chi connectivity index (χ3v) is 3.67. The van der Waals surface area contributed by atoms with E-state index in [2.05, 4.69) is 10.2 Å². The van der Waals surface area contributed by atoms with Gasteiger partial charge >= 0.3 is 6.18 Å². The van der Waals surface area contributed by atoms with Crippen molar-refractivity contribution in [3.63, 3.8) is 0 Å². The van der Waals surface area contributed by atoms with Crippen molar-refractivity contribution >= 4 is 22.5 Å². The molecule has 1 N–H and O–H groups in total. The number of alkyl halides is 3. The van der Waals surface area contributed by atoms with Crippen molar-refractivity contribution in [2.24, 2.45) is 0 Å². The molecule has 0 aliphatic heterocycles.